The monoisotopic (exact) mass is 234 g/mol. The summed E-state index contributed by atoms with van der Waals surface area (Å²) >= 11 is 0. The molecule has 0 aromatic heterocycles. The Labute approximate surface area is 103 Å². The zero-order valence-electron chi connectivity index (χ0n) is 10.9. The van der Waals surface area contributed by atoms with Crippen LogP contribution in [0, 0.1) is 6.92 Å². The Morgan fingerprint density at radius 2 is 2.06 bits per heavy atom. The van der Waals surface area contributed by atoms with Crippen LogP contribution in [0.5, 0.6) is 0 Å². The number of primary amides is 1. The third kappa shape index (κ3) is 3.56. The number of nitrogens with one attached hydrogen (secondary N) is 1. The van der Waals surface area contributed by atoms with Crippen LogP contribution in [0.15, 0.2) is 24.3 Å². The summed E-state index contributed by atoms with van der Waals surface area (Å²) in [6, 6.07) is 8.11. The maximum atomic E-state index is 11.2. The normalized spacial score (nSPS) is 14.3. The van der Waals surface area contributed by atoms with Crippen molar-refractivity contribution in [2.75, 3.05) is 6.54 Å². The van der Waals surface area contributed by atoms with Gasteiger partial charge < -0.3 is 11.1 Å². The highest BCUT2D eigenvalue weighted by atomic mass is 16.1. The van der Waals surface area contributed by atoms with Crippen LogP contribution in [0.1, 0.15) is 37.8 Å². The van der Waals surface area contributed by atoms with Crippen LogP contribution in [-0.4, -0.2) is 12.5 Å². The fraction of sp³-hybridized carbons (Fsp3) is 0.500. The molecular weight excluding hydrogens is 212 g/mol. The molecule has 1 rings (SSSR count). The average Bonchev–Trinajstić information content (AvgIpc) is 2.26. The van der Waals surface area contributed by atoms with Crippen molar-refractivity contribution in [1.29, 1.82) is 0 Å². The Balaban J connectivity index is 3.04. The lowest BCUT2D eigenvalue weighted by Gasteiger charge is -2.32. The zero-order valence-corrected chi connectivity index (χ0v) is 10.9. The van der Waals surface area contributed by atoms with Crippen LogP contribution in [-0.2, 0) is 10.3 Å². The maximum Gasteiger partial charge on any atom is 0.219 e. The van der Waals surface area contributed by atoms with E-state index in [0.29, 0.717) is 6.42 Å². The molecule has 0 saturated carbocycles. The molecule has 0 fully saturated rings. The second-order valence-corrected chi connectivity index (χ2v) is 4.72. The minimum absolute atomic E-state index is 0.278. The summed E-state index contributed by atoms with van der Waals surface area (Å²) in [5.41, 5.74) is 7.32. The first-order valence-corrected chi connectivity index (χ1v) is 6.09. The number of amides is 1. The summed E-state index contributed by atoms with van der Waals surface area (Å²) in [4.78, 5) is 11.2. The summed E-state index contributed by atoms with van der Waals surface area (Å²) in [6.07, 6.45) is 1.35. The Morgan fingerprint density at radius 1 is 1.41 bits per heavy atom. The van der Waals surface area contributed by atoms with E-state index in [1.807, 2.05) is 19.1 Å². The number of hydrogen-bond donors (Lipinski definition) is 2. The fourth-order valence-corrected chi connectivity index (χ4v) is 2.19. The summed E-state index contributed by atoms with van der Waals surface area (Å²) in [5, 5.41) is 3.43. The molecule has 0 spiro atoms. The highest BCUT2D eigenvalue weighted by molar-refractivity contribution is 5.75. The average molecular weight is 234 g/mol. The molecule has 1 unspecified atom stereocenters. The van der Waals surface area contributed by atoms with Gasteiger partial charge in [-0.05, 0) is 37.9 Å². The largest absolute Gasteiger partial charge is 0.370 e. The molecule has 0 heterocycles. The molecule has 3 N–H and O–H groups in total. The molecule has 17 heavy (non-hydrogen) atoms. The van der Waals surface area contributed by atoms with Crippen molar-refractivity contribution in [3.8, 4) is 0 Å². The first kappa shape index (κ1) is 13.7. The second kappa shape index (κ2) is 5.82. The molecule has 0 aliphatic rings. The van der Waals surface area contributed by atoms with Crippen LogP contribution in [0.25, 0.3) is 0 Å². The molecule has 94 valence electrons. The number of aryl methyl sites for hydroxylation is 1. The SMILES string of the molecule is CCCNC(C)(CC(N)=O)c1ccccc1C. The first-order valence-electron chi connectivity index (χ1n) is 6.09. The lowest BCUT2D eigenvalue weighted by atomic mass is 9.85. The van der Waals surface area contributed by atoms with Crippen molar-refractivity contribution in [3.63, 3.8) is 0 Å². The summed E-state index contributed by atoms with van der Waals surface area (Å²) < 4.78 is 0. The van der Waals surface area contributed by atoms with Crippen molar-refractivity contribution in [2.24, 2.45) is 5.73 Å². The van der Waals surface area contributed by atoms with E-state index in [-0.39, 0.29) is 11.4 Å². The smallest absolute Gasteiger partial charge is 0.219 e. The van der Waals surface area contributed by atoms with Gasteiger partial charge in [0.15, 0.2) is 0 Å². The maximum absolute atomic E-state index is 11.2. The molecule has 0 aliphatic heterocycles. The van der Waals surface area contributed by atoms with Gasteiger partial charge in [-0.25, -0.2) is 0 Å². The molecule has 1 atom stereocenters. The quantitative estimate of drug-likeness (QED) is 0.792. The predicted octanol–water partition coefficient (Wildman–Crippen LogP) is 2.09. The third-order valence-electron chi connectivity index (χ3n) is 3.03. The summed E-state index contributed by atoms with van der Waals surface area (Å²) in [5.74, 6) is -0.278. The standard InChI is InChI=1S/C14H22N2O/c1-4-9-16-14(3,10-13(15)17)12-8-6-5-7-11(12)2/h5-8,16H,4,9-10H2,1-3H3,(H2,15,17). The van der Waals surface area contributed by atoms with Crippen molar-refractivity contribution >= 4 is 5.91 Å². The zero-order chi connectivity index (χ0) is 12.9. The number of benzene rings is 1. The van der Waals surface area contributed by atoms with Crippen molar-refractivity contribution in [3.05, 3.63) is 35.4 Å². The number of carbonyl (C=O) groups is 1. The highest BCUT2D eigenvalue weighted by Crippen LogP contribution is 2.27. The molecule has 1 aromatic rings. The topological polar surface area (TPSA) is 55.1 Å². The Kier molecular flexibility index (Phi) is 4.70. The molecule has 0 aliphatic carbocycles. The van der Waals surface area contributed by atoms with E-state index in [1.54, 1.807) is 0 Å². The minimum Gasteiger partial charge on any atom is -0.370 e. The first-order chi connectivity index (χ1) is 7.99. The van der Waals surface area contributed by atoms with E-state index in [2.05, 4.69) is 31.3 Å². The predicted molar refractivity (Wildman–Crippen MR) is 70.6 cm³/mol. The van der Waals surface area contributed by atoms with Gasteiger partial charge in [0, 0.05) is 12.0 Å². The van der Waals surface area contributed by atoms with Crippen molar-refractivity contribution in [2.45, 2.75) is 39.2 Å². The molecule has 0 bridgehead atoms. The Hall–Kier alpha value is -1.35. The molecule has 1 amide bonds. The molecule has 0 radical (unpaired) electrons. The van der Waals surface area contributed by atoms with Gasteiger partial charge in [-0.15, -0.1) is 0 Å². The van der Waals surface area contributed by atoms with Crippen LogP contribution < -0.4 is 11.1 Å². The number of hydrogen-bond acceptors (Lipinski definition) is 2. The van der Waals surface area contributed by atoms with Crippen LogP contribution in [0.4, 0.5) is 0 Å². The molecule has 0 saturated heterocycles. The van der Waals surface area contributed by atoms with Crippen LogP contribution >= 0.6 is 0 Å². The van der Waals surface area contributed by atoms with E-state index < -0.39 is 0 Å². The van der Waals surface area contributed by atoms with E-state index in [4.69, 9.17) is 5.73 Å². The minimum atomic E-state index is -0.368. The summed E-state index contributed by atoms with van der Waals surface area (Å²) in [6.45, 7) is 7.08. The number of rotatable bonds is 6. The lowest BCUT2D eigenvalue weighted by molar-refractivity contribution is -0.119. The molecule has 3 nitrogen and oxygen atoms in total. The van der Waals surface area contributed by atoms with Gasteiger partial charge in [0.2, 0.25) is 5.91 Å². The van der Waals surface area contributed by atoms with Gasteiger partial charge in [0.25, 0.3) is 0 Å². The van der Waals surface area contributed by atoms with Gasteiger partial charge in [0.1, 0.15) is 0 Å². The van der Waals surface area contributed by atoms with Crippen molar-refractivity contribution < 1.29 is 4.79 Å². The second-order valence-electron chi connectivity index (χ2n) is 4.72. The van der Waals surface area contributed by atoms with Gasteiger partial charge in [-0.2, -0.15) is 0 Å². The van der Waals surface area contributed by atoms with Crippen LogP contribution in [0.2, 0.25) is 0 Å². The fourth-order valence-electron chi connectivity index (χ4n) is 2.19. The highest BCUT2D eigenvalue weighted by Gasteiger charge is 2.28. The van der Waals surface area contributed by atoms with Crippen molar-refractivity contribution in [1.82, 2.24) is 5.32 Å². The van der Waals surface area contributed by atoms with Gasteiger partial charge in [-0.3, -0.25) is 4.79 Å². The van der Waals surface area contributed by atoms with Gasteiger partial charge in [-0.1, -0.05) is 31.2 Å². The van der Waals surface area contributed by atoms with E-state index in [0.717, 1.165) is 18.5 Å². The lowest BCUT2D eigenvalue weighted by Crippen LogP contribution is -2.43. The molecule has 3 heteroatoms. The van der Waals surface area contributed by atoms with Crippen LogP contribution in [0.3, 0.4) is 0 Å². The Morgan fingerprint density at radius 3 is 2.59 bits per heavy atom. The van der Waals surface area contributed by atoms with E-state index >= 15 is 0 Å². The number of carbonyl (C=O) groups excluding carboxylic acids is 1. The number of nitrogens with two attached hydrogens (primary N) is 1. The van der Waals surface area contributed by atoms with E-state index in [9.17, 15) is 4.79 Å². The summed E-state index contributed by atoms with van der Waals surface area (Å²) in [7, 11) is 0. The van der Waals surface area contributed by atoms with Gasteiger partial charge >= 0.3 is 0 Å². The molecule has 1 aromatic carbocycles. The Bertz CT molecular complexity index is 390. The third-order valence-corrected chi connectivity index (χ3v) is 3.03. The molecular formula is C14H22N2O. The van der Waals surface area contributed by atoms with E-state index in [1.165, 1.54) is 5.56 Å². The van der Waals surface area contributed by atoms with Gasteiger partial charge in [0.05, 0.1) is 0 Å².